The Balaban J connectivity index is 1.79. The van der Waals surface area contributed by atoms with Crippen molar-refractivity contribution in [1.29, 1.82) is 0 Å². The maximum Gasteiger partial charge on any atom is 0.251 e. The van der Waals surface area contributed by atoms with Crippen molar-refractivity contribution in [2.75, 3.05) is 6.54 Å². The van der Waals surface area contributed by atoms with Crippen LogP contribution in [-0.4, -0.2) is 28.0 Å². The molecule has 1 aromatic rings. The number of likely N-dealkylation sites (tertiary alicyclic amines) is 1. The van der Waals surface area contributed by atoms with Crippen LogP contribution in [0, 0.1) is 16.4 Å². The van der Waals surface area contributed by atoms with Crippen LogP contribution in [0.25, 0.3) is 0 Å². The molecule has 2 atom stereocenters. The quantitative estimate of drug-likeness (QED) is 0.699. The SMILES string of the molecule is Cc1c(I)ccc(=O)n1CC(=O)N1CCCC2CCCCC21. The first-order chi connectivity index (χ1) is 10.6. The van der Waals surface area contributed by atoms with E-state index < -0.39 is 0 Å². The van der Waals surface area contributed by atoms with Crippen molar-refractivity contribution in [3.63, 3.8) is 0 Å². The second kappa shape index (κ2) is 6.72. The Morgan fingerprint density at radius 1 is 1.23 bits per heavy atom. The molecule has 1 aromatic heterocycles. The van der Waals surface area contributed by atoms with Crippen molar-refractivity contribution in [3.05, 3.63) is 31.8 Å². The highest BCUT2D eigenvalue weighted by molar-refractivity contribution is 14.1. The lowest BCUT2D eigenvalue weighted by Gasteiger charge is -2.44. The molecule has 2 unspecified atom stereocenters. The smallest absolute Gasteiger partial charge is 0.251 e. The molecule has 120 valence electrons. The summed E-state index contributed by atoms with van der Waals surface area (Å²) in [5.41, 5.74) is 0.808. The molecule has 1 amide bonds. The Kier molecular flexibility index (Phi) is 4.90. The fourth-order valence-corrected chi connectivity index (χ4v) is 4.48. The molecule has 3 rings (SSSR count). The molecular formula is C17H23IN2O2. The molecule has 2 fully saturated rings. The van der Waals surface area contributed by atoms with Gasteiger partial charge in [-0.15, -0.1) is 0 Å². The number of fused-ring (bicyclic) bond motifs is 1. The van der Waals surface area contributed by atoms with Crippen LogP contribution in [0.4, 0.5) is 0 Å². The maximum absolute atomic E-state index is 12.8. The highest BCUT2D eigenvalue weighted by Gasteiger charge is 2.35. The average Bonchev–Trinajstić information content (AvgIpc) is 2.54. The minimum atomic E-state index is -0.0801. The minimum Gasteiger partial charge on any atom is -0.338 e. The molecule has 1 aliphatic heterocycles. The van der Waals surface area contributed by atoms with E-state index in [9.17, 15) is 9.59 Å². The second-order valence-electron chi connectivity index (χ2n) is 6.53. The number of nitrogens with zero attached hydrogens (tertiary/aromatic N) is 2. The number of piperidine rings is 1. The molecule has 1 aliphatic carbocycles. The number of hydrogen-bond donors (Lipinski definition) is 0. The zero-order valence-corrected chi connectivity index (χ0v) is 15.2. The van der Waals surface area contributed by atoms with Crippen molar-refractivity contribution in [2.45, 2.75) is 58.0 Å². The monoisotopic (exact) mass is 414 g/mol. The van der Waals surface area contributed by atoms with Crippen LogP contribution in [0.1, 0.15) is 44.2 Å². The summed E-state index contributed by atoms with van der Waals surface area (Å²) in [5, 5.41) is 0. The summed E-state index contributed by atoms with van der Waals surface area (Å²) in [6.45, 7) is 2.96. The van der Waals surface area contributed by atoms with Crippen molar-refractivity contribution >= 4 is 28.5 Å². The normalized spacial score (nSPS) is 24.9. The topological polar surface area (TPSA) is 42.3 Å². The number of carbonyl (C=O) groups excluding carboxylic acids is 1. The first kappa shape index (κ1) is 16.0. The van der Waals surface area contributed by atoms with Gasteiger partial charge >= 0.3 is 0 Å². The summed E-state index contributed by atoms with van der Waals surface area (Å²) >= 11 is 2.21. The number of amides is 1. The van der Waals surface area contributed by atoms with E-state index in [1.807, 2.05) is 13.0 Å². The van der Waals surface area contributed by atoms with Crippen molar-refractivity contribution in [3.8, 4) is 0 Å². The molecular weight excluding hydrogens is 391 g/mol. The van der Waals surface area contributed by atoms with Gasteiger partial charge in [-0.2, -0.15) is 0 Å². The zero-order valence-electron chi connectivity index (χ0n) is 13.1. The van der Waals surface area contributed by atoms with Gasteiger partial charge in [0.05, 0.1) is 0 Å². The third kappa shape index (κ3) is 3.09. The van der Waals surface area contributed by atoms with E-state index in [0.717, 1.165) is 28.7 Å². The Morgan fingerprint density at radius 2 is 1.95 bits per heavy atom. The molecule has 0 aromatic carbocycles. The molecule has 0 radical (unpaired) electrons. The highest BCUT2D eigenvalue weighted by atomic mass is 127. The van der Waals surface area contributed by atoms with Gasteiger partial charge in [-0.05, 0) is 67.2 Å². The van der Waals surface area contributed by atoms with Crippen LogP contribution >= 0.6 is 22.6 Å². The lowest BCUT2D eigenvalue weighted by atomic mass is 9.78. The fraction of sp³-hybridized carbons (Fsp3) is 0.647. The lowest BCUT2D eigenvalue weighted by Crippen LogP contribution is -2.51. The molecule has 0 N–H and O–H groups in total. The predicted molar refractivity (Wildman–Crippen MR) is 94.8 cm³/mol. The van der Waals surface area contributed by atoms with Crippen LogP contribution in [0.3, 0.4) is 0 Å². The van der Waals surface area contributed by atoms with Gasteiger partial charge in [0.1, 0.15) is 6.54 Å². The van der Waals surface area contributed by atoms with Gasteiger partial charge in [0.2, 0.25) is 5.91 Å². The van der Waals surface area contributed by atoms with E-state index in [1.165, 1.54) is 25.7 Å². The van der Waals surface area contributed by atoms with E-state index in [4.69, 9.17) is 0 Å². The van der Waals surface area contributed by atoms with Gasteiger partial charge in [-0.1, -0.05) is 12.8 Å². The van der Waals surface area contributed by atoms with Crippen LogP contribution in [-0.2, 0) is 11.3 Å². The molecule has 2 heterocycles. The van der Waals surface area contributed by atoms with Crippen LogP contribution in [0.15, 0.2) is 16.9 Å². The number of rotatable bonds is 2. The molecule has 5 heteroatoms. The fourth-order valence-electron chi connectivity index (χ4n) is 4.01. The van der Waals surface area contributed by atoms with E-state index in [0.29, 0.717) is 12.0 Å². The Hall–Kier alpha value is -0.850. The van der Waals surface area contributed by atoms with Gasteiger partial charge in [0.25, 0.3) is 5.56 Å². The van der Waals surface area contributed by atoms with Crippen LogP contribution in [0.5, 0.6) is 0 Å². The number of halogens is 1. The Morgan fingerprint density at radius 3 is 2.77 bits per heavy atom. The van der Waals surface area contributed by atoms with Gasteiger partial charge in [0, 0.05) is 27.9 Å². The molecule has 1 saturated heterocycles. The van der Waals surface area contributed by atoms with Gasteiger partial charge < -0.3 is 9.47 Å². The van der Waals surface area contributed by atoms with Crippen LogP contribution in [0.2, 0.25) is 0 Å². The highest BCUT2D eigenvalue weighted by Crippen LogP contribution is 2.35. The number of hydrogen-bond acceptors (Lipinski definition) is 2. The molecule has 2 aliphatic rings. The summed E-state index contributed by atoms with van der Waals surface area (Å²) in [4.78, 5) is 27.0. The van der Waals surface area contributed by atoms with E-state index in [2.05, 4.69) is 27.5 Å². The largest absolute Gasteiger partial charge is 0.338 e. The van der Waals surface area contributed by atoms with Crippen molar-refractivity contribution in [2.24, 2.45) is 5.92 Å². The average molecular weight is 414 g/mol. The molecule has 4 nitrogen and oxygen atoms in total. The molecule has 22 heavy (non-hydrogen) atoms. The third-order valence-corrected chi connectivity index (χ3v) is 6.39. The standard InChI is InChI=1S/C17H23IN2O2/c1-12-14(18)8-9-16(21)20(12)11-17(22)19-10-4-6-13-5-2-3-7-15(13)19/h8-9,13,15H,2-7,10-11H2,1H3. The summed E-state index contributed by atoms with van der Waals surface area (Å²) in [6.07, 6.45) is 7.29. The third-order valence-electron chi connectivity index (χ3n) is 5.25. The predicted octanol–water partition coefficient (Wildman–Crippen LogP) is 2.94. The lowest BCUT2D eigenvalue weighted by molar-refractivity contribution is -0.138. The van der Waals surface area contributed by atoms with Gasteiger partial charge in [-0.3, -0.25) is 9.59 Å². The first-order valence-corrected chi connectivity index (χ1v) is 9.31. The summed E-state index contributed by atoms with van der Waals surface area (Å²) in [5.74, 6) is 0.795. The van der Waals surface area contributed by atoms with Crippen molar-refractivity contribution in [1.82, 2.24) is 9.47 Å². The summed E-state index contributed by atoms with van der Waals surface area (Å²) in [7, 11) is 0. The molecule has 0 bridgehead atoms. The maximum atomic E-state index is 12.8. The Labute approximate surface area is 145 Å². The van der Waals surface area contributed by atoms with Gasteiger partial charge in [-0.25, -0.2) is 0 Å². The minimum absolute atomic E-state index is 0.0801. The van der Waals surface area contributed by atoms with E-state index in [-0.39, 0.29) is 18.0 Å². The second-order valence-corrected chi connectivity index (χ2v) is 7.69. The Bertz CT molecular complexity index is 624. The number of carbonyl (C=O) groups is 1. The summed E-state index contributed by atoms with van der Waals surface area (Å²) in [6, 6.07) is 3.78. The molecule has 0 spiro atoms. The van der Waals surface area contributed by atoms with Gasteiger partial charge in [0.15, 0.2) is 0 Å². The number of pyridine rings is 1. The van der Waals surface area contributed by atoms with E-state index in [1.54, 1.807) is 10.6 Å². The molecule has 1 saturated carbocycles. The number of aromatic nitrogens is 1. The summed E-state index contributed by atoms with van der Waals surface area (Å²) < 4.78 is 2.65. The van der Waals surface area contributed by atoms with Crippen molar-refractivity contribution < 1.29 is 4.79 Å². The first-order valence-electron chi connectivity index (χ1n) is 8.23. The zero-order chi connectivity index (χ0) is 15.7. The van der Waals surface area contributed by atoms with E-state index >= 15 is 0 Å². The van der Waals surface area contributed by atoms with Crippen LogP contribution < -0.4 is 5.56 Å².